The van der Waals surface area contributed by atoms with Crippen molar-refractivity contribution in [3.63, 3.8) is 0 Å². The van der Waals surface area contributed by atoms with Gasteiger partial charge in [0, 0.05) is 36.3 Å². The van der Waals surface area contributed by atoms with Gasteiger partial charge in [-0.15, -0.1) is 0 Å². The largest absolute Gasteiger partial charge is 0.465 e. The molecule has 1 fully saturated rings. The lowest BCUT2D eigenvalue weighted by atomic mass is 9.99. The van der Waals surface area contributed by atoms with Crippen molar-refractivity contribution in [2.45, 2.75) is 51.7 Å². The second-order valence-electron chi connectivity index (χ2n) is 6.85. The van der Waals surface area contributed by atoms with E-state index >= 15 is 0 Å². The van der Waals surface area contributed by atoms with Gasteiger partial charge in [0.1, 0.15) is 11.5 Å². The Balaban J connectivity index is 1.56. The number of aryl methyl sites for hydroxylation is 2. The minimum atomic E-state index is 0.440. The molecule has 23 heavy (non-hydrogen) atoms. The summed E-state index contributed by atoms with van der Waals surface area (Å²) in [5.74, 6) is 2.05. The third-order valence-corrected chi connectivity index (χ3v) is 5.30. The monoisotopic (exact) mass is 308 g/mol. The predicted molar refractivity (Wildman–Crippen MR) is 86.2 cm³/mol. The molecule has 2 aliphatic rings. The zero-order valence-electron chi connectivity index (χ0n) is 13.5. The average molecular weight is 308 g/mol. The first kappa shape index (κ1) is 13.3. The zero-order valence-corrected chi connectivity index (χ0v) is 13.5. The molecule has 2 atom stereocenters. The van der Waals surface area contributed by atoms with Gasteiger partial charge in [-0.2, -0.15) is 5.10 Å². The van der Waals surface area contributed by atoms with E-state index in [1.54, 1.807) is 0 Å². The highest BCUT2D eigenvalue weighted by Gasteiger charge is 2.41. The molecule has 5 nitrogen and oxygen atoms in total. The lowest BCUT2D eigenvalue weighted by Crippen LogP contribution is -2.38. The highest BCUT2D eigenvalue weighted by Crippen LogP contribution is 2.44. The molecule has 2 aliphatic heterocycles. The van der Waals surface area contributed by atoms with Crippen LogP contribution in [0.2, 0.25) is 0 Å². The van der Waals surface area contributed by atoms with Gasteiger partial charge in [-0.3, -0.25) is 4.90 Å². The van der Waals surface area contributed by atoms with Crippen LogP contribution >= 0.6 is 0 Å². The van der Waals surface area contributed by atoms with Crippen LogP contribution in [-0.2, 0) is 13.0 Å². The maximum Gasteiger partial charge on any atom is 0.155 e. The number of nitrogens with zero attached hydrogens (tertiary/aromatic N) is 4. The van der Waals surface area contributed by atoms with Crippen LogP contribution in [-0.4, -0.2) is 25.5 Å². The van der Waals surface area contributed by atoms with Crippen LogP contribution in [0.3, 0.4) is 0 Å². The fraction of sp³-hybridized carbons (Fsp3) is 0.444. The van der Waals surface area contributed by atoms with E-state index in [0.717, 1.165) is 35.8 Å². The molecule has 0 amide bonds. The third kappa shape index (κ3) is 1.96. The van der Waals surface area contributed by atoms with Gasteiger partial charge < -0.3 is 4.42 Å². The van der Waals surface area contributed by atoms with Crippen molar-refractivity contribution in [1.82, 2.24) is 19.5 Å². The van der Waals surface area contributed by atoms with Gasteiger partial charge in [-0.25, -0.2) is 9.50 Å². The van der Waals surface area contributed by atoms with Crippen LogP contribution in [0, 0.1) is 13.8 Å². The average Bonchev–Trinajstić information content (AvgIpc) is 3.17. The molecule has 1 saturated heterocycles. The second-order valence-corrected chi connectivity index (χ2v) is 6.85. The fourth-order valence-electron chi connectivity index (χ4n) is 4.29. The topological polar surface area (TPSA) is 46.6 Å². The van der Waals surface area contributed by atoms with Crippen LogP contribution in [0.5, 0.6) is 0 Å². The van der Waals surface area contributed by atoms with Crippen LogP contribution in [0.25, 0.3) is 5.65 Å². The van der Waals surface area contributed by atoms with Gasteiger partial charge >= 0.3 is 0 Å². The summed E-state index contributed by atoms with van der Waals surface area (Å²) in [7, 11) is 0. The quantitative estimate of drug-likeness (QED) is 0.729. The van der Waals surface area contributed by atoms with Crippen LogP contribution in [0.15, 0.2) is 28.8 Å². The minimum absolute atomic E-state index is 0.440. The Kier molecular flexibility index (Phi) is 2.71. The van der Waals surface area contributed by atoms with Gasteiger partial charge in [0.05, 0.1) is 17.9 Å². The highest BCUT2D eigenvalue weighted by atomic mass is 16.3. The molecule has 5 heterocycles. The number of hydrogen-bond acceptors (Lipinski definition) is 4. The number of aromatic nitrogens is 3. The predicted octanol–water partition coefficient (Wildman–Crippen LogP) is 3.20. The lowest BCUT2D eigenvalue weighted by molar-refractivity contribution is 0.152. The minimum Gasteiger partial charge on any atom is -0.465 e. The molecule has 2 bridgehead atoms. The Hall–Kier alpha value is -2.14. The SMILES string of the molecule is Cc1cc2ncc3c(n2n1)C[C@H]1CC[C@H]3N1Cc1ccc(C)o1. The van der Waals surface area contributed by atoms with Gasteiger partial charge in [0.15, 0.2) is 5.65 Å². The van der Waals surface area contributed by atoms with E-state index in [1.165, 1.54) is 24.1 Å². The van der Waals surface area contributed by atoms with E-state index in [9.17, 15) is 0 Å². The van der Waals surface area contributed by atoms with E-state index in [-0.39, 0.29) is 0 Å². The molecule has 0 spiro atoms. The first-order chi connectivity index (χ1) is 11.2. The summed E-state index contributed by atoms with van der Waals surface area (Å²) >= 11 is 0. The molecule has 0 N–H and O–H groups in total. The normalized spacial score (nSPS) is 23.6. The number of rotatable bonds is 2. The molecule has 0 aliphatic carbocycles. The zero-order chi connectivity index (χ0) is 15.6. The van der Waals surface area contributed by atoms with Crippen molar-refractivity contribution in [3.8, 4) is 0 Å². The maximum atomic E-state index is 5.80. The third-order valence-electron chi connectivity index (χ3n) is 5.30. The standard InChI is InChI=1S/C18H20N4O/c1-11-7-18-19-9-15-16-6-4-13(8-17(15)22(18)20-11)21(16)10-14-5-3-12(2)23-14/h3,5,7,9,13,16H,4,6,8,10H2,1-2H3/t13-,16-/m1/s1. The van der Waals surface area contributed by atoms with Crippen molar-refractivity contribution in [2.75, 3.05) is 0 Å². The maximum absolute atomic E-state index is 5.80. The van der Waals surface area contributed by atoms with E-state index in [0.29, 0.717) is 12.1 Å². The summed E-state index contributed by atoms with van der Waals surface area (Å²) in [5.41, 5.74) is 4.70. The summed E-state index contributed by atoms with van der Waals surface area (Å²) in [6.07, 6.45) is 5.55. The molecule has 0 radical (unpaired) electrons. The molecule has 5 rings (SSSR count). The van der Waals surface area contributed by atoms with E-state index in [1.807, 2.05) is 19.9 Å². The van der Waals surface area contributed by atoms with E-state index < -0.39 is 0 Å². The smallest absolute Gasteiger partial charge is 0.155 e. The summed E-state index contributed by atoms with van der Waals surface area (Å²) in [6, 6.07) is 7.22. The van der Waals surface area contributed by atoms with Gasteiger partial charge in [0.2, 0.25) is 0 Å². The van der Waals surface area contributed by atoms with Crippen LogP contribution in [0.1, 0.15) is 47.4 Å². The Bertz CT molecular complexity index is 894. The molecule has 0 saturated carbocycles. The Morgan fingerprint density at radius 2 is 2.17 bits per heavy atom. The molecule has 0 aromatic carbocycles. The Morgan fingerprint density at radius 3 is 3.00 bits per heavy atom. The fourth-order valence-corrected chi connectivity index (χ4v) is 4.29. The van der Waals surface area contributed by atoms with Gasteiger partial charge in [-0.1, -0.05) is 0 Å². The lowest BCUT2D eigenvalue weighted by Gasteiger charge is -2.35. The number of furan rings is 1. The van der Waals surface area contributed by atoms with Crippen LogP contribution < -0.4 is 0 Å². The Labute approximate surface area is 134 Å². The molecular weight excluding hydrogens is 288 g/mol. The first-order valence-corrected chi connectivity index (χ1v) is 8.34. The van der Waals surface area contributed by atoms with Crippen molar-refractivity contribution in [3.05, 3.63) is 52.9 Å². The van der Waals surface area contributed by atoms with Crippen LogP contribution in [0.4, 0.5) is 0 Å². The molecule has 0 unspecified atom stereocenters. The first-order valence-electron chi connectivity index (χ1n) is 8.34. The van der Waals surface area contributed by atoms with Crippen molar-refractivity contribution < 1.29 is 4.42 Å². The number of hydrogen-bond donors (Lipinski definition) is 0. The van der Waals surface area contributed by atoms with Crippen molar-refractivity contribution in [1.29, 1.82) is 0 Å². The molecule has 118 valence electrons. The van der Waals surface area contributed by atoms with Gasteiger partial charge in [-0.05, 0) is 38.8 Å². The van der Waals surface area contributed by atoms with Crippen molar-refractivity contribution in [2.24, 2.45) is 0 Å². The summed E-state index contributed by atoms with van der Waals surface area (Å²) in [6.45, 7) is 4.92. The molecule has 5 heteroatoms. The molecule has 3 aromatic rings. The van der Waals surface area contributed by atoms with E-state index in [2.05, 4.69) is 37.8 Å². The number of fused-ring (bicyclic) bond motifs is 6. The van der Waals surface area contributed by atoms with Gasteiger partial charge in [0.25, 0.3) is 0 Å². The van der Waals surface area contributed by atoms with E-state index in [4.69, 9.17) is 4.42 Å². The Morgan fingerprint density at radius 1 is 1.26 bits per heavy atom. The molecular formula is C18H20N4O. The highest BCUT2D eigenvalue weighted by molar-refractivity contribution is 5.44. The summed E-state index contributed by atoms with van der Waals surface area (Å²) in [5, 5.41) is 4.65. The summed E-state index contributed by atoms with van der Waals surface area (Å²) < 4.78 is 7.86. The molecule has 3 aromatic heterocycles. The second kappa shape index (κ2) is 4.68. The summed E-state index contributed by atoms with van der Waals surface area (Å²) in [4.78, 5) is 7.22. The van der Waals surface area contributed by atoms with Crippen molar-refractivity contribution >= 4 is 5.65 Å².